The molecular weight excluding hydrogens is 300 g/mol. The summed E-state index contributed by atoms with van der Waals surface area (Å²) < 4.78 is 0. The van der Waals surface area contributed by atoms with Crippen molar-refractivity contribution in [2.45, 2.75) is 32.2 Å². The molecule has 0 radical (unpaired) electrons. The van der Waals surface area contributed by atoms with E-state index >= 15 is 0 Å². The van der Waals surface area contributed by atoms with E-state index in [9.17, 15) is 9.59 Å². The predicted molar refractivity (Wildman–Crippen MR) is 94.8 cm³/mol. The van der Waals surface area contributed by atoms with Crippen LogP contribution in [0.25, 0.3) is 0 Å². The summed E-state index contributed by atoms with van der Waals surface area (Å²) in [5.41, 5.74) is 3.29. The summed E-state index contributed by atoms with van der Waals surface area (Å²) in [5, 5.41) is 3.00. The highest BCUT2D eigenvalue weighted by molar-refractivity contribution is 5.96. The highest BCUT2D eigenvalue weighted by Crippen LogP contribution is 2.21. The molecule has 4 nitrogen and oxygen atoms in total. The van der Waals surface area contributed by atoms with Crippen molar-refractivity contribution < 1.29 is 9.59 Å². The van der Waals surface area contributed by atoms with Crippen LogP contribution in [-0.4, -0.2) is 24.4 Å². The Morgan fingerprint density at radius 2 is 1.83 bits per heavy atom. The van der Waals surface area contributed by atoms with Crippen LogP contribution in [0.2, 0.25) is 0 Å². The average molecular weight is 322 g/mol. The Bertz CT molecular complexity index is 727. The van der Waals surface area contributed by atoms with E-state index in [4.69, 9.17) is 0 Å². The van der Waals surface area contributed by atoms with E-state index in [-0.39, 0.29) is 17.9 Å². The van der Waals surface area contributed by atoms with Gasteiger partial charge in [0.05, 0.1) is 6.04 Å². The fourth-order valence-electron chi connectivity index (χ4n) is 3.10. The van der Waals surface area contributed by atoms with Crippen LogP contribution in [0.1, 0.15) is 24.0 Å². The topological polar surface area (TPSA) is 49.4 Å². The maximum Gasteiger partial charge on any atom is 0.229 e. The molecule has 1 fully saturated rings. The Morgan fingerprint density at radius 3 is 2.58 bits per heavy atom. The Balaban J connectivity index is 1.52. The standard InChI is InChI=1S/C20H22N2O2/c1-15-7-5-6-8-16(15)11-12-19(23)21-17-13-20(24)22(14-17)18-9-3-2-4-10-18/h2-10,17H,11-14H2,1H3,(H,21,23). The molecule has 0 spiro atoms. The number of hydrogen-bond donors (Lipinski definition) is 1. The molecule has 1 N–H and O–H groups in total. The second kappa shape index (κ2) is 7.30. The Morgan fingerprint density at radius 1 is 1.12 bits per heavy atom. The molecule has 124 valence electrons. The van der Waals surface area contributed by atoms with E-state index in [1.807, 2.05) is 42.5 Å². The lowest BCUT2D eigenvalue weighted by Crippen LogP contribution is -2.37. The molecule has 1 aliphatic heterocycles. The molecule has 0 bridgehead atoms. The van der Waals surface area contributed by atoms with Crippen LogP contribution in [0.5, 0.6) is 0 Å². The minimum atomic E-state index is -0.109. The first kappa shape index (κ1) is 16.2. The third-order valence-corrected chi connectivity index (χ3v) is 4.44. The summed E-state index contributed by atoms with van der Waals surface area (Å²) in [7, 11) is 0. The highest BCUT2D eigenvalue weighted by Gasteiger charge is 2.31. The number of para-hydroxylation sites is 1. The Hall–Kier alpha value is -2.62. The predicted octanol–water partition coefficient (Wildman–Crippen LogP) is 2.85. The molecule has 0 aromatic heterocycles. The van der Waals surface area contributed by atoms with Crippen LogP contribution in [0.3, 0.4) is 0 Å². The summed E-state index contributed by atoms with van der Waals surface area (Å²) >= 11 is 0. The van der Waals surface area contributed by atoms with Gasteiger partial charge in [-0.05, 0) is 36.6 Å². The molecular formula is C20H22N2O2. The van der Waals surface area contributed by atoms with Gasteiger partial charge in [0.25, 0.3) is 0 Å². The lowest BCUT2D eigenvalue weighted by molar-refractivity contribution is -0.121. The van der Waals surface area contributed by atoms with Crippen LogP contribution in [0, 0.1) is 6.92 Å². The first-order chi connectivity index (χ1) is 11.6. The van der Waals surface area contributed by atoms with Crippen LogP contribution in [0.4, 0.5) is 5.69 Å². The molecule has 1 heterocycles. The number of amides is 2. The summed E-state index contributed by atoms with van der Waals surface area (Å²) in [4.78, 5) is 26.1. The number of carbonyl (C=O) groups is 2. The molecule has 24 heavy (non-hydrogen) atoms. The van der Waals surface area contributed by atoms with Crippen LogP contribution >= 0.6 is 0 Å². The number of anilines is 1. The van der Waals surface area contributed by atoms with Crippen molar-refractivity contribution >= 4 is 17.5 Å². The first-order valence-electron chi connectivity index (χ1n) is 8.33. The maximum absolute atomic E-state index is 12.2. The van der Waals surface area contributed by atoms with E-state index < -0.39 is 0 Å². The minimum Gasteiger partial charge on any atom is -0.351 e. The molecule has 4 heteroatoms. The first-order valence-corrected chi connectivity index (χ1v) is 8.33. The maximum atomic E-state index is 12.2. The van der Waals surface area contributed by atoms with Crippen LogP contribution in [0.15, 0.2) is 54.6 Å². The van der Waals surface area contributed by atoms with Crippen LogP contribution in [-0.2, 0) is 16.0 Å². The van der Waals surface area contributed by atoms with Gasteiger partial charge < -0.3 is 10.2 Å². The smallest absolute Gasteiger partial charge is 0.229 e. The van der Waals surface area contributed by atoms with Gasteiger partial charge in [0.15, 0.2) is 0 Å². The number of rotatable bonds is 5. The van der Waals surface area contributed by atoms with E-state index in [0.717, 1.165) is 12.1 Å². The molecule has 0 saturated carbocycles. The Labute approximate surface area is 142 Å². The summed E-state index contributed by atoms with van der Waals surface area (Å²) in [6.07, 6.45) is 1.54. The minimum absolute atomic E-state index is 0.00552. The highest BCUT2D eigenvalue weighted by atomic mass is 16.2. The SMILES string of the molecule is Cc1ccccc1CCC(=O)NC1CC(=O)N(c2ccccc2)C1. The molecule has 3 rings (SSSR count). The quantitative estimate of drug-likeness (QED) is 0.920. The fourth-order valence-corrected chi connectivity index (χ4v) is 3.10. The van der Waals surface area contributed by atoms with Gasteiger partial charge in [0.2, 0.25) is 11.8 Å². The van der Waals surface area contributed by atoms with Gasteiger partial charge in [-0.2, -0.15) is 0 Å². The normalized spacial score (nSPS) is 17.1. The number of nitrogens with one attached hydrogen (secondary N) is 1. The summed E-state index contributed by atoms with van der Waals surface area (Å²) in [6.45, 7) is 2.60. The van der Waals surface area contributed by atoms with Crippen molar-refractivity contribution in [3.05, 3.63) is 65.7 Å². The third-order valence-electron chi connectivity index (χ3n) is 4.44. The zero-order valence-corrected chi connectivity index (χ0v) is 13.9. The number of nitrogens with zero attached hydrogens (tertiary/aromatic N) is 1. The van der Waals surface area contributed by atoms with E-state index in [1.54, 1.807) is 4.90 Å². The monoisotopic (exact) mass is 322 g/mol. The zero-order valence-electron chi connectivity index (χ0n) is 13.9. The third kappa shape index (κ3) is 3.82. The van der Waals surface area contributed by atoms with Gasteiger partial charge in [-0.3, -0.25) is 9.59 Å². The lowest BCUT2D eigenvalue weighted by atomic mass is 10.0. The molecule has 0 aliphatic carbocycles. The second-order valence-electron chi connectivity index (χ2n) is 6.23. The van der Waals surface area contributed by atoms with Crippen molar-refractivity contribution in [3.8, 4) is 0 Å². The second-order valence-corrected chi connectivity index (χ2v) is 6.23. The van der Waals surface area contributed by atoms with Crippen molar-refractivity contribution in [1.82, 2.24) is 5.32 Å². The van der Waals surface area contributed by atoms with Gasteiger partial charge in [-0.25, -0.2) is 0 Å². The molecule has 2 amide bonds. The largest absolute Gasteiger partial charge is 0.351 e. The van der Waals surface area contributed by atoms with Crippen molar-refractivity contribution in [1.29, 1.82) is 0 Å². The van der Waals surface area contributed by atoms with E-state index in [1.165, 1.54) is 11.1 Å². The van der Waals surface area contributed by atoms with Crippen molar-refractivity contribution in [3.63, 3.8) is 0 Å². The molecule has 1 saturated heterocycles. The molecule has 1 aliphatic rings. The molecule has 2 aromatic carbocycles. The average Bonchev–Trinajstić information content (AvgIpc) is 2.95. The van der Waals surface area contributed by atoms with E-state index in [2.05, 4.69) is 24.4 Å². The molecule has 1 atom stereocenters. The Kier molecular flexibility index (Phi) is 4.94. The van der Waals surface area contributed by atoms with E-state index in [0.29, 0.717) is 19.4 Å². The van der Waals surface area contributed by atoms with Gasteiger partial charge in [-0.15, -0.1) is 0 Å². The number of aryl methyl sites for hydroxylation is 2. The lowest BCUT2D eigenvalue weighted by Gasteiger charge is -2.17. The van der Waals surface area contributed by atoms with Crippen molar-refractivity contribution in [2.24, 2.45) is 0 Å². The zero-order chi connectivity index (χ0) is 16.9. The van der Waals surface area contributed by atoms with Gasteiger partial charge in [0, 0.05) is 25.1 Å². The van der Waals surface area contributed by atoms with Crippen LogP contribution < -0.4 is 10.2 Å². The molecule has 1 unspecified atom stereocenters. The molecule has 2 aromatic rings. The number of carbonyl (C=O) groups excluding carboxylic acids is 2. The summed E-state index contributed by atoms with van der Waals surface area (Å²) in [6, 6.07) is 17.6. The van der Waals surface area contributed by atoms with Gasteiger partial charge in [0.1, 0.15) is 0 Å². The van der Waals surface area contributed by atoms with Gasteiger partial charge in [-0.1, -0.05) is 42.5 Å². The summed E-state index contributed by atoms with van der Waals surface area (Å²) in [5.74, 6) is 0.0661. The number of benzene rings is 2. The fraction of sp³-hybridized carbons (Fsp3) is 0.300. The van der Waals surface area contributed by atoms with Crippen molar-refractivity contribution in [2.75, 3.05) is 11.4 Å². The van der Waals surface area contributed by atoms with Gasteiger partial charge >= 0.3 is 0 Å². The number of hydrogen-bond acceptors (Lipinski definition) is 2.